The molecule has 0 saturated carbocycles. The van der Waals surface area contributed by atoms with Crippen molar-refractivity contribution in [2.75, 3.05) is 7.11 Å². The lowest BCUT2D eigenvalue weighted by molar-refractivity contribution is 0.415. The molecule has 0 saturated heterocycles. The van der Waals surface area contributed by atoms with E-state index in [0.717, 1.165) is 136 Å². The summed E-state index contributed by atoms with van der Waals surface area (Å²) < 4.78 is 16.8. The lowest BCUT2D eigenvalue weighted by Crippen LogP contribution is -1.83. The summed E-state index contributed by atoms with van der Waals surface area (Å²) in [6.45, 7) is 28.2. The molecule has 0 amide bonds. The molecule has 4 N–H and O–H groups in total. The number of furan rings is 1. The third kappa shape index (κ3) is 35.0. The molecular formula is C99H87Cl13N8O4S7. The van der Waals surface area contributed by atoms with Crippen LogP contribution in [0, 0.1) is 96.9 Å². The molecule has 131 heavy (non-hydrogen) atoms. The SMILES string of the molecule is COc1ccc(C)cc1Cl.Cc1cc2ccc(Cl)cc2o1.Cc1cc2ccc(Cl)nc2s1.Cc1cc2nc(Cl)ccc2s1.Cc1ccc(Cl)c(O)c1.Cc1ccc(Cl)s1.Cc1ccc(O)c(Cl)c1.Cc1ccc2[nH]ncc2c1.Cc1nc2cc(Cl)ccc2s1.Cc1nc2ccc(Cl)cc2[nH]1.Cc1nc2ccc(Cl)cc2s1.Cc1sc(Cl)cc1Cl.Cc1sc2cc(Cl)ccc2c1C. The predicted molar refractivity (Wildman–Crippen MR) is 578 cm³/mol. The Balaban J connectivity index is 0.000000160. The van der Waals surface area contributed by atoms with Crippen LogP contribution in [0.3, 0.4) is 0 Å². The first-order valence-corrected chi connectivity index (χ1v) is 50.1. The number of methoxy groups -OCH3 is 1. The number of aromatic amines is 2. The molecule has 0 aliphatic heterocycles. The molecule has 0 bridgehead atoms. The second-order valence-corrected chi connectivity index (χ2v) is 43.4. The normalized spacial score (nSPS) is 10.4. The van der Waals surface area contributed by atoms with Crippen LogP contribution in [0.25, 0.3) is 83.9 Å². The molecule has 32 heteroatoms. The van der Waals surface area contributed by atoms with Gasteiger partial charge in [-0.2, -0.15) is 5.10 Å². The summed E-state index contributed by atoms with van der Waals surface area (Å²) in [7, 11) is 1.61. The molecule has 0 spiro atoms. The highest BCUT2D eigenvalue weighted by atomic mass is 35.5. The minimum atomic E-state index is 0.141. The molecule has 12 aromatic heterocycles. The minimum absolute atomic E-state index is 0.141. The number of rotatable bonds is 1. The van der Waals surface area contributed by atoms with Gasteiger partial charge in [-0.25, -0.2) is 24.9 Å². The van der Waals surface area contributed by atoms with Crippen molar-refractivity contribution in [1.82, 2.24) is 40.1 Å². The number of aromatic hydroxyl groups is 2. The van der Waals surface area contributed by atoms with Crippen molar-refractivity contribution in [2.24, 2.45) is 0 Å². The minimum Gasteiger partial charge on any atom is -0.506 e. The predicted octanol–water partition coefficient (Wildman–Crippen LogP) is 38.4. The van der Waals surface area contributed by atoms with Gasteiger partial charge in [-0.1, -0.05) is 187 Å². The molecule has 12 nitrogen and oxygen atoms in total. The van der Waals surface area contributed by atoms with Gasteiger partial charge in [-0.3, -0.25) is 5.10 Å². The van der Waals surface area contributed by atoms with Crippen molar-refractivity contribution < 1.29 is 19.4 Å². The maximum Gasteiger partial charge on any atom is 0.137 e. The first kappa shape index (κ1) is 107. The summed E-state index contributed by atoms with van der Waals surface area (Å²) >= 11 is 85.9. The highest BCUT2D eigenvalue weighted by Crippen LogP contribution is 2.35. The van der Waals surface area contributed by atoms with Gasteiger partial charge >= 0.3 is 0 Å². The van der Waals surface area contributed by atoms with E-state index in [-0.39, 0.29) is 11.5 Å². The Bertz CT molecular complexity index is 6630. The fourth-order valence-corrected chi connectivity index (χ4v) is 20.5. The van der Waals surface area contributed by atoms with Crippen LogP contribution < -0.4 is 4.74 Å². The van der Waals surface area contributed by atoms with Crippen molar-refractivity contribution in [3.8, 4) is 17.2 Å². The van der Waals surface area contributed by atoms with E-state index in [1.165, 1.54) is 72.2 Å². The number of H-pyrrole nitrogens is 2. The average molecular weight is 2140 g/mol. The number of benzene rings is 9. The number of thiazole rings is 2. The van der Waals surface area contributed by atoms with Gasteiger partial charge in [0.1, 0.15) is 49.6 Å². The number of pyridine rings is 2. The Morgan fingerprint density at radius 3 is 1.53 bits per heavy atom. The second kappa shape index (κ2) is 52.2. The van der Waals surface area contributed by atoms with Crippen LogP contribution in [0.15, 0.2) is 235 Å². The van der Waals surface area contributed by atoms with Gasteiger partial charge in [-0.05, 0) is 319 Å². The first-order chi connectivity index (χ1) is 62.2. The largest absolute Gasteiger partial charge is 0.506 e. The van der Waals surface area contributed by atoms with Crippen LogP contribution in [-0.4, -0.2) is 57.4 Å². The molecule has 21 aromatic rings. The number of aromatic nitrogens is 8. The Kier molecular flexibility index (Phi) is 42.5. The van der Waals surface area contributed by atoms with Crippen LogP contribution in [0.5, 0.6) is 17.2 Å². The van der Waals surface area contributed by atoms with E-state index in [1.807, 2.05) is 244 Å². The summed E-state index contributed by atoms with van der Waals surface area (Å²) in [5.41, 5.74) is 12.8. The molecule has 0 atom stereocenters. The summed E-state index contributed by atoms with van der Waals surface area (Å²) in [5.74, 6) is 2.86. The first-order valence-electron chi connectivity index (χ1n) is 39.5. The topological polar surface area (TPSA) is 172 Å². The van der Waals surface area contributed by atoms with Crippen LogP contribution in [-0.2, 0) is 0 Å². The van der Waals surface area contributed by atoms with Gasteiger partial charge in [-0.15, -0.1) is 79.4 Å². The lowest BCUT2D eigenvalue weighted by Gasteiger charge is -2.01. The van der Waals surface area contributed by atoms with Gasteiger partial charge in [0.15, 0.2) is 0 Å². The van der Waals surface area contributed by atoms with Crippen molar-refractivity contribution in [1.29, 1.82) is 0 Å². The number of nitrogens with one attached hydrogen (secondary N) is 2. The van der Waals surface area contributed by atoms with Gasteiger partial charge in [0.05, 0.1) is 99.3 Å². The zero-order valence-corrected chi connectivity index (χ0v) is 88.6. The van der Waals surface area contributed by atoms with Crippen molar-refractivity contribution in [3.63, 3.8) is 0 Å². The van der Waals surface area contributed by atoms with Crippen LogP contribution in [0.1, 0.15) is 73.8 Å². The smallest absolute Gasteiger partial charge is 0.137 e. The highest BCUT2D eigenvalue weighted by molar-refractivity contribution is 7.20. The number of aryl methyl sites for hydroxylation is 14. The number of phenols is 2. The Labute approximate surface area is 854 Å². The van der Waals surface area contributed by atoms with E-state index in [4.69, 9.17) is 170 Å². The summed E-state index contributed by atoms with van der Waals surface area (Å²) in [5, 5.41) is 38.9. The molecular weight excluding hydrogens is 2050 g/mol. The number of hydrogen-bond donors (Lipinski definition) is 4. The fourth-order valence-electron chi connectivity index (χ4n) is 11.5. The standard InChI is InChI=1S/C10H9ClS.C9H7ClO.C8H7ClN2.4C8H6ClNS.C8H9ClO.C8H8N2.2C7H7ClO.C5H4Cl2S.C5H5ClS/c1-6-7(2)12-10-5-8(11)3-4-9(6)10;1-6-4-7-2-3-8(10)5-9(7)11-6;1-5-10-7-3-2-6(9)4-8(7)11-5;1-5-10-7-4-6(9)2-3-8(7)11-5;1-5-10-7-3-2-6(9)4-8(7)11-5;1-5-4-6-7(11-5)2-3-8(9)10-6;1-5-4-6-2-3-7(9)10-8(6)11-5;1-6-3-4-8(10-2)7(9)5-6;1-6-2-3-8-7(4-6)5-9-10-8;1-5-2-3-7(9)6(8)4-5;1-5-2-3-6(8)7(9)4-5;1-3-4(6)2-5(7)8-3;1-4-2-3-5(6)7-4/h3-5H,1-2H3;2-5H,1H3;2-4H,1H3,(H,10,11);4*2-4H,1H3;3-5H,1-2H3;2-5H,1H3,(H,9,10);2*2-4,9H,1H3;2H,1H3;2-3H,1H3. The molecule has 9 aromatic carbocycles. The number of halogens is 13. The van der Waals surface area contributed by atoms with Crippen molar-refractivity contribution in [2.45, 2.75) is 96.9 Å². The lowest BCUT2D eigenvalue weighted by atomic mass is 10.2. The van der Waals surface area contributed by atoms with Gasteiger partial charge < -0.3 is 24.4 Å². The molecule has 0 aliphatic rings. The van der Waals surface area contributed by atoms with E-state index in [1.54, 1.807) is 100 Å². The van der Waals surface area contributed by atoms with Crippen LogP contribution in [0.4, 0.5) is 0 Å². The van der Waals surface area contributed by atoms with Gasteiger partial charge in [0, 0.05) is 70.4 Å². The maximum absolute atomic E-state index is 8.97. The van der Waals surface area contributed by atoms with Crippen molar-refractivity contribution >= 4 is 314 Å². The maximum atomic E-state index is 8.97. The summed E-state index contributed by atoms with van der Waals surface area (Å²) in [4.78, 5) is 31.6. The molecule has 0 unspecified atom stereocenters. The number of phenolic OH excluding ortho intramolecular Hbond substituents is 2. The number of nitrogens with zero attached hydrogens (tertiary/aromatic N) is 6. The Morgan fingerprint density at radius 1 is 0.336 bits per heavy atom. The average Bonchev–Trinajstić information content (AvgIpc) is 1.71. The zero-order valence-electron chi connectivity index (χ0n) is 73.1. The third-order valence-electron chi connectivity index (χ3n) is 17.8. The Hall–Kier alpha value is -8.01. The van der Waals surface area contributed by atoms with Crippen molar-refractivity contribution in [3.05, 3.63) is 369 Å². The molecule has 0 radical (unpaired) electrons. The van der Waals surface area contributed by atoms with Gasteiger partial charge in [0.25, 0.3) is 0 Å². The van der Waals surface area contributed by atoms with Gasteiger partial charge in [0.2, 0.25) is 0 Å². The summed E-state index contributed by atoms with van der Waals surface area (Å²) in [6, 6.07) is 70.5. The molecule has 21 rings (SSSR count). The highest BCUT2D eigenvalue weighted by Gasteiger charge is 2.09. The molecule has 12 heterocycles. The summed E-state index contributed by atoms with van der Waals surface area (Å²) in [6.07, 6.45) is 1.84. The van der Waals surface area contributed by atoms with Crippen LogP contribution in [0.2, 0.25) is 64.2 Å². The van der Waals surface area contributed by atoms with E-state index in [0.29, 0.717) is 30.4 Å². The number of fused-ring (bicyclic) bond motifs is 8. The quantitative estimate of drug-likeness (QED) is 0.116. The number of ether oxygens (including phenoxy) is 1. The Morgan fingerprint density at radius 2 is 0.901 bits per heavy atom. The van der Waals surface area contributed by atoms with E-state index in [9.17, 15) is 0 Å². The fraction of sp³-hybridized carbons (Fsp3) is 0.152. The van der Waals surface area contributed by atoms with E-state index >= 15 is 0 Å². The number of imidazole rings is 1. The van der Waals surface area contributed by atoms with Crippen LogP contribution >= 0.6 is 230 Å². The second-order valence-electron chi connectivity index (χ2n) is 28.7. The number of hydrogen-bond acceptors (Lipinski definition) is 17. The number of thiophene rings is 5. The molecule has 0 fully saturated rings. The zero-order chi connectivity index (χ0) is 95.4. The third-order valence-corrected chi connectivity index (χ3v) is 28.2. The van der Waals surface area contributed by atoms with E-state index in [2.05, 4.69) is 99.0 Å². The molecule has 680 valence electrons. The van der Waals surface area contributed by atoms with E-state index < -0.39 is 0 Å². The molecule has 0 aliphatic carbocycles. The monoisotopic (exact) mass is 2130 g/mol.